The molecule has 1 aliphatic rings. The van der Waals surface area contributed by atoms with Gasteiger partial charge in [0.05, 0.1) is 12.6 Å². The number of nitrogens with one attached hydrogen (secondary N) is 2. The van der Waals surface area contributed by atoms with Crippen LogP contribution in [0.5, 0.6) is 5.75 Å². The van der Waals surface area contributed by atoms with Gasteiger partial charge in [-0.3, -0.25) is 4.79 Å². The zero-order valence-electron chi connectivity index (χ0n) is 16.2. The maximum absolute atomic E-state index is 13.0. The number of hydrogen-bond acceptors (Lipinski definition) is 5. The van der Waals surface area contributed by atoms with Crippen LogP contribution in [0.3, 0.4) is 0 Å². The fourth-order valence-electron chi connectivity index (χ4n) is 3.07. The zero-order valence-corrected chi connectivity index (χ0v) is 17.8. The number of sulfonamides is 1. The Labute approximate surface area is 168 Å². The Balaban J connectivity index is 0.00000364. The number of amides is 1. The lowest BCUT2D eigenvalue weighted by atomic mass is 10.0. The van der Waals surface area contributed by atoms with E-state index in [0.717, 1.165) is 25.8 Å². The van der Waals surface area contributed by atoms with E-state index >= 15 is 0 Å². The molecule has 9 heteroatoms. The molecule has 2 N–H and O–H groups in total. The van der Waals surface area contributed by atoms with Gasteiger partial charge in [0.2, 0.25) is 15.9 Å². The number of hydrogen-bond donors (Lipinski definition) is 2. The van der Waals surface area contributed by atoms with Crippen molar-refractivity contribution in [2.45, 2.75) is 51.0 Å². The van der Waals surface area contributed by atoms with Crippen LogP contribution in [0, 0.1) is 0 Å². The lowest BCUT2D eigenvalue weighted by Gasteiger charge is -2.23. The molecule has 1 fully saturated rings. The second kappa shape index (κ2) is 10.8. The molecule has 27 heavy (non-hydrogen) atoms. The van der Waals surface area contributed by atoms with Crippen LogP contribution in [0.2, 0.25) is 0 Å². The molecule has 1 unspecified atom stereocenters. The molecule has 1 aliphatic heterocycles. The summed E-state index contributed by atoms with van der Waals surface area (Å²) < 4.78 is 32.8. The van der Waals surface area contributed by atoms with Gasteiger partial charge in [-0.1, -0.05) is 20.3 Å². The van der Waals surface area contributed by atoms with Crippen molar-refractivity contribution >= 4 is 34.0 Å². The van der Waals surface area contributed by atoms with E-state index in [1.165, 1.54) is 10.4 Å². The number of rotatable bonds is 8. The molecule has 1 aromatic carbocycles. The number of benzene rings is 1. The number of carbonyl (C=O) groups excluding carboxylic acids is 1. The molecule has 7 nitrogen and oxygen atoms in total. The predicted molar refractivity (Wildman–Crippen MR) is 109 cm³/mol. The summed E-state index contributed by atoms with van der Waals surface area (Å²) in [7, 11) is -3.70. The number of piperidine rings is 1. The lowest BCUT2D eigenvalue weighted by molar-refractivity contribution is -0.118. The Morgan fingerprint density at radius 2 is 1.96 bits per heavy atom. The van der Waals surface area contributed by atoms with Crippen molar-refractivity contribution in [3.8, 4) is 5.75 Å². The lowest BCUT2D eigenvalue weighted by Crippen LogP contribution is -2.43. The highest BCUT2D eigenvalue weighted by molar-refractivity contribution is 7.89. The Kier molecular flexibility index (Phi) is 9.52. The number of anilines is 1. The van der Waals surface area contributed by atoms with E-state index < -0.39 is 10.0 Å². The normalized spacial score (nSPS) is 17.3. The van der Waals surface area contributed by atoms with Crippen molar-refractivity contribution in [1.29, 1.82) is 0 Å². The van der Waals surface area contributed by atoms with Gasteiger partial charge in [-0.05, 0) is 44.5 Å². The smallest absolute Gasteiger partial charge is 0.246 e. The molecule has 0 spiro atoms. The standard InChI is InChI=1S/C18H29N3O4S.ClH/c1-4-21(5-2)26(23,24)17-13-14(10-11-16(17)25-6-3)20-18(22)15-9-7-8-12-19-15;/h10-11,13,15,19H,4-9,12H2,1-3H3,(H,20,22);1H. The van der Waals surface area contributed by atoms with Gasteiger partial charge in [-0.15, -0.1) is 12.4 Å². The van der Waals surface area contributed by atoms with E-state index in [0.29, 0.717) is 31.1 Å². The van der Waals surface area contributed by atoms with Crippen LogP contribution in [0.25, 0.3) is 0 Å². The van der Waals surface area contributed by atoms with Crippen molar-refractivity contribution in [2.75, 3.05) is 31.6 Å². The average Bonchev–Trinajstić information content (AvgIpc) is 2.64. The first-order valence-corrected chi connectivity index (χ1v) is 10.7. The molecule has 0 radical (unpaired) electrons. The molecule has 0 aliphatic carbocycles. The molecule has 1 aromatic rings. The first-order chi connectivity index (χ1) is 12.4. The van der Waals surface area contributed by atoms with Gasteiger partial charge in [0, 0.05) is 18.8 Å². The Bertz CT molecular complexity index is 717. The van der Waals surface area contributed by atoms with Crippen LogP contribution in [0.4, 0.5) is 5.69 Å². The molecule has 0 saturated carbocycles. The second-order valence-corrected chi connectivity index (χ2v) is 8.08. The second-order valence-electron chi connectivity index (χ2n) is 6.18. The molecule has 1 amide bonds. The Morgan fingerprint density at radius 3 is 2.52 bits per heavy atom. The largest absolute Gasteiger partial charge is 0.492 e. The van der Waals surface area contributed by atoms with E-state index in [1.54, 1.807) is 32.9 Å². The molecular formula is C18H30ClN3O4S. The molecule has 0 aromatic heterocycles. The summed E-state index contributed by atoms with van der Waals surface area (Å²) >= 11 is 0. The van der Waals surface area contributed by atoms with Gasteiger partial charge >= 0.3 is 0 Å². The number of nitrogens with zero attached hydrogens (tertiary/aromatic N) is 1. The van der Waals surface area contributed by atoms with Crippen LogP contribution < -0.4 is 15.4 Å². The third kappa shape index (κ3) is 5.81. The van der Waals surface area contributed by atoms with Crippen molar-refractivity contribution in [1.82, 2.24) is 9.62 Å². The van der Waals surface area contributed by atoms with Gasteiger partial charge in [-0.2, -0.15) is 4.31 Å². The SMILES string of the molecule is CCOc1ccc(NC(=O)C2CCCCN2)cc1S(=O)(=O)N(CC)CC.Cl. The van der Waals surface area contributed by atoms with E-state index in [4.69, 9.17) is 4.74 Å². The highest BCUT2D eigenvalue weighted by Gasteiger charge is 2.27. The number of carbonyl (C=O) groups is 1. The van der Waals surface area contributed by atoms with Crippen molar-refractivity contribution in [3.63, 3.8) is 0 Å². The van der Waals surface area contributed by atoms with Gasteiger partial charge in [0.15, 0.2) is 0 Å². The van der Waals surface area contributed by atoms with Crippen molar-refractivity contribution in [2.24, 2.45) is 0 Å². The van der Waals surface area contributed by atoms with Crippen molar-refractivity contribution < 1.29 is 17.9 Å². The molecule has 1 heterocycles. The van der Waals surface area contributed by atoms with Crippen LogP contribution in [0.15, 0.2) is 23.1 Å². The maximum Gasteiger partial charge on any atom is 0.246 e. The average molecular weight is 420 g/mol. The van der Waals surface area contributed by atoms with Gasteiger partial charge < -0.3 is 15.4 Å². The highest BCUT2D eigenvalue weighted by Crippen LogP contribution is 2.30. The molecular weight excluding hydrogens is 390 g/mol. The third-order valence-electron chi connectivity index (χ3n) is 4.46. The monoisotopic (exact) mass is 419 g/mol. The summed E-state index contributed by atoms with van der Waals surface area (Å²) in [6, 6.07) is 4.52. The molecule has 0 bridgehead atoms. The first-order valence-electron chi connectivity index (χ1n) is 9.25. The molecule has 1 atom stereocenters. The minimum atomic E-state index is -3.70. The van der Waals surface area contributed by atoms with Crippen LogP contribution >= 0.6 is 12.4 Å². The van der Waals surface area contributed by atoms with Crippen LogP contribution in [0.1, 0.15) is 40.0 Å². The number of ether oxygens (including phenoxy) is 1. The van der Waals surface area contributed by atoms with E-state index in [1.807, 2.05) is 0 Å². The zero-order chi connectivity index (χ0) is 19.2. The van der Waals surface area contributed by atoms with Gasteiger partial charge in [-0.25, -0.2) is 8.42 Å². The summed E-state index contributed by atoms with van der Waals surface area (Å²) in [5, 5.41) is 6.02. The molecule has 1 saturated heterocycles. The third-order valence-corrected chi connectivity index (χ3v) is 6.53. The predicted octanol–water partition coefficient (Wildman–Crippen LogP) is 2.62. The minimum absolute atomic E-state index is 0. The Hall–Kier alpha value is -1.35. The van der Waals surface area contributed by atoms with Crippen LogP contribution in [-0.4, -0.2) is 50.9 Å². The topological polar surface area (TPSA) is 87.7 Å². The summed E-state index contributed by atoms with van der Waals surface area (Å²) in [5.74, 6) is 0.160. The fourth-order valence-corrected chi connectivity index (χ4v) is 4.68. The number of halogens is 1. The summed E-state index contributed by atoms with van der Waals surface area (Å²) in [6.45, 7) is 7.31. The summed E-state index contributed by atoms with van der Waals surface area (Å²) in [6.07, 6.45) is 2.86. The molecule has 2 rings (SSSR count). The van der Waals surface area contributed by atoms with Crippen molar-refractivity contribution in [3.05, 3.63) is 18.2 Å². The van der Waals surface area contributed by atoms with Crippen LogP contribution in [-0.2, 0) is 14.8 Å². The first kappa shape index (κ1) is 23.7. The van der Waals surface area contributed by atoms with E-state index in [9.17, 15) is 13.2 Å². The quantitative estimate of drug-likeness (QED) is 0.676. The summed E-state index contributed by atoms with van der Waals surface area (Å²) in [4.78, 5) is 12.5. The summed E-state index contributed by atoms with van der Waals surface area (Å²) in [5.41, 5.74) is 0.455. The maximum atomic E-state index is 13.0. The fraction of sp³-hybridized carbons (Fsp3) is 0.611. The van der Waals surface area contributed by atoms with Gasteiger partial charge in [0.25, 0.3) is 0 Å². The Morgan fingerprint density at radius 1 is 1.26 bits per heavy atom. The van der Waals surface area contributed by atoms with Gasteiger partial charge in [0.1, 0.15) is 10.6 Å². The minimum Gasteiger partial charge on any atom is -0.492 e. The molecule has 154 valence electrons. The highest BCUT2D eigenvalue weighted by atomic mass is 35.5. The van der Waals surface area contributed by atoms with E-state index in [2.05, 4.69) is 10.6 Å². The van der Waals surface area contributed by atoms with E-state index in [-0.39, 0.29) is 29.3 Å².